The number of nitrogens with zero attached hydrogens (tertiary/aromatic N) is 1. The predicted molar refractivity (Wildman–Crippen MR) is 70.2 cm³/mol. The molecule has 0 unspecified atom stereocenters. The third kappa shape index (κ3) is 2.92. The van der Waals surface area contributed by atoms with Crippen LogP contribution in [0.2, 0.25) is 0 Å². The van der Waals surface area contributed by atoms with E-state index in [2.05, 4.69) is 0 Å². The number of aliphatic hydroxyl groups is 1. The van der Waals surface area contributed by atoms with Crippen molar-refractivity contribution in [1.82, 2.24) is 0 Å². The molecule has 2 aromatic rings. The van der Waals surface area contributed by atoms with Gasteiger partial charge in [-0.15, -0.1) is 0 Å². The van der Waals surface area contributed by atoms with Crippen LogP contribution >= 0.6 is 0 Å². The lowest BCUT2D eigenvalue weighted by Crippen LogP contribution is -1.96. The zero-order valence-corrected chi connectivity index (χ0v) is 10.6. The van der Waals surface area contributed by atoms with E-state index >= 15 is 0 Å². The molecule has 0 spiro atoms. The van der Waals surface area contributed by atoms with Crippen LogP contribution < -0.4 is 4.74 Å². The van der Waals surface area contributed by atoms with Crippen molar-refractivity contribution >= 4 is 5.69 Å². The predicted octanol–water partition coefficient (Wildman–Crippen LogP) is 3.58. The van der Waals surface area contributed by atoms with Crippen molar-refractivity contribution in [2.45, 2.75) is 13.0 Å². The molecule has 2 aromatic carbocycles. The van der Waals surface area contributed by atoms with Gasteiger partial charge in [0.1, 0.15) is 5.75 Å². The van der Waals surface area contributed by atoms with Crippen LogP contribution in [-0.4, -0.2) is 10.0 Å². The van der Waals surface area contributed by atoms with Gasteiger partial charge in [-0.2, -0.15) is 0 Å². The van der Waals surface area contributed by atoms with E-state index < -0.39 is 28.3 Å². The molecule has 0 aromatic heterocycles. The van der Waals surface area contributed by atoms with Gasteiger partial charge < -0.3 is 9.84 Å². The topological polar surface area (TPSA) is 72.6 Å². The minimum Gasteiger partial charge on any atom is -0.447 e. The molecule has 0 saturated heterocycles. The highest BCUT2D eigenvalue weighted by Crippen LogP contribution is 2.34. The van der Waals surface area contributed by atoms with Crippen LogP contribution in [0.5, 0.6) is 11.5 Å². The van der Waals surface area contributed by atoms with Crippen LogP contribution in [0.4, 0.5) is 10.1 Å². The van der Waals surface area contributed by atoms with E-state index in [-0.39, 0.29) is 5.75 Å². The summed E-state index contributed by atoms with van der Waals surface area (Å²) in [7, 11) is 0. The Balaban J connectivity index is 2.32. The van der Waals surface area contributed by atoms with Crippen molar-refractivity contribution in [1.29, 1.82) is 0 Å². The fourth-order valence-electron chi connectivity index (χ4n) is 1.67. The summed E-state index contributed by atoms with van der Waals surface area (Å²) in [5, 5.41) is 20.2. The summed E-state index contributed by atoms with van der Waals surface area (Å²) in [5.74, 6) is -0.983. The molecule has 104 valence electrons. The van der Waals surface area contributed by atoms with Crippen LogP contribution in [0.3, 0.4) is 0 Å². The van der Waals surface area contributed by atoms with E-state index in [1.54, 1.807) is 19.1 Å². The standard InChI is InChI=1S/C14H12FNO4/c1-9(17)10-5-7-11(8-6-10)20-14-12(15)3-2-4-13(14)16(18)19/h2-9,17H,1H3/t9-/m0/s1. The number of para-hydroxylation sites is 1. The molecule has 0 amide bonds. The number of hydrogen-bond acceptors (Lipinski definition) is 4. The van der Waals surface area contributed by atoms with Gasteiger partial charge in [-0.25, -0.2) is 4.39 Å². The van der Waals surface area contributed by atoms with E-state index in [0.717, 1.165) is 6.07 Å². The molecule has 0 radical (unpaired) electrons. The van der Waals surface area contributed by atoms with Crippen LogP contribution in [0.25, 0.3) is 0 Å². The Kier molecular flexibility index (Phi) is 3.95. The third-order valence-electron chi connectivity index (χ3n) is 2.73. The summed E-state index contributed by atoms with van der Waals surface area (Å²) in [6.45, 7) is 1.61. The first-order chi connectivity index (χ1) is 9.49. The van der Waals surface area contributed by atoms with E-state index in [0.29, 0.717) is 5.56 Å². The summed E-state index contributed by atoms with van der Waals surface area (Å²) in [4.78, 5) is 10.1. The third-order valence-corrected chi connectivity index (χ3v) is 2.73. The van der Waals surface area contributed by atoms with Gasteiger partial charge in [-0.1, -0.05) is 18.2 Å². The number of ether oxygens (including phenoxy) is 1. The van der Waals surface area contributed by atoms with Crippen molar-refractivity contribution in [3.63, 3.8) is 0 Å². The molecule has 0 fully saturated rings. The molecule has 5 nitrogen and oxygen atoms in total. The lowest BCUT2D eigenvalue weighted by atomic mass is 10.1. The van der Waals surface area contributed by atoms with Gasteiger partial charge in [0, 0.05) is 6.07 Å². The van der Waals surface area contributed by atoms with Gasteiger partial charge in [-0.3, -0.25) is 10.1 Å². The zero-order valence-electron chi connectivity index (χ0n) is 10.6. The number of aliphatic hydroxyl groups excluding tert-OH is 1. The minimum atomic E-state index is -0.807. The second kappa shape index (κ2) is 5.66. The molecule has 20 heavy (non-hydrogen) atoms. The Morgan fingerprint density at radius 1 is 1.25 bits per heavy atom. The van der Waals surface area contributed by atoms with Crippen molar-refractivity contribution in [2.24, 2.45) is 0 Å². The first-order valence-corrected chi connectivity index (χ1v) is 5.88. The maximum Gasteiger partial charge on any atom is 0.314 e. The second-order valence-corrected chi connectivity index (χ2v) is 4.19. The van der Waals surface area contributed by atoms with Gasteiger partial charge in [0.05, 0.1) is 11.0 Å². The molecule has 0 aliphatic rings. The van der Waals surface area contributed by atoms with Crippen LogP contribution in [0.1, 0.15) is 18.6 Å². The molecule has 0 saturated carbocycles. The summed E-state index contributed by atoms with van der Waals surface area (Å²) >= 11 is 0. The molecule has 0 aliphatic carbocycles. The van der Waals surface area contributed by atoms with Gasteiger partial charge in [0.15, 0.2) is 5.82 Å². The molecular formula is C14H12FNO4. The summed E-state index contributed by atoms with van der Waals surface area (Å²) in [6.07, 6.45) is -0.633. The lowest BCUT2D eigenvalue weighted by Gasteiger charge is -2.09. The Morgan fingerprint density at radius 3 is 2.45 bits per heavy atom. The molecule has 1 atom stereocenters. The molecule has 0 heterocycles. The average Bonchev–Trinajstić information content (AvgIpc) is 2.41. The van der Waals surface area contributed by atoms with Crippen molar-refractivity contribution in [3.05, 3.63) is 64.0 Å². The van der Waals surface area contributed by atoms with Crippen molar-refractivity contribution < 1.29 is 19.2 Å². The van der Waals surface area contributed by atoms with Gasteiger partial charge in [0.25, 0.3) is 0 Å². The maximum absolute atomic E-state index is 13.6. The molecule has 0 aliphatic heterocycles. The van der Waals surface area contributed by atoms with E-state index in [1.165, 1.54) is 24.3 Å². The summed E-state index contributed by atoms with van der Waals surface area (Å²) in [6, 6.07) is 9.74. The van der Waals surface area contributed by atoms with Crippen LogP contribution in [0.15, 0.2) is 42.5 Å². The fraction of sp³-hybridized carbons (Fsp3) is 0.143. The van der Waals surface area contributed by atoms with Crippen molar-refractivity contribution in [2.75, 3.05) is 0 Å². The smallest absolute Gasteiger partial charge is 0.314 e. The number of nitro groups is 1. The molecule has 2 rings (SSSR count). The molecule has 0 bridgehead atoms. The highest BCUT2D eigenvalue weighted by Gasteiger charge is 2.20. The zero-order chi connectivity index (χ0) is 14.7. The largest absolute Gasteiger partial charge is 0.447 e. The van der Waals surface area contributed by atoms with Crippen molar-refractivity contribution in [3.8, 4) is 11.5 Å². The number of nitro benzene ring substituents is 1. The second-order valence-electron chi connectivity index (χ2n) is 4.19. The van der Waals surface area contributed by atoms with E-state index in [4.69, 9.17) is 4.74 Å². The normalized spacial score (nSPS) is 11.9. The van der Waals surface area contributed by atoms with Crippen LogP contribution in [0, 0.1) is 15.9 Å². The van der Waals surface area contributed by atoms with E-state index in [1.807, 2.05) is 0 Å². The summed E-state index contributed by atoms with van der Waals surface area (Å²) in [5.41, 5.74) is 0.227. The highest BCUT2D eigenvalue weighted by atomic mass is 19.1. The number of benzene rings is 2. The first-order valence-electron chi connectivity index (χ1n) is 5.88. The Bertz CT molecular complexity index is 626. The maximum atomic E-state index is 13.6. The molecule has 6 heteroatoms. The number of halogens is 1. The van der Waals surface area contributed by atoms with Crippen LogP contribution in [-0.2, 0) is 0 Å². The Hall–Kier alpha value is -2.47. The quantitative estimate of drug-likeness (QED) is 0.684. The fourth-order valence-corrected chi connectivity index (χ4v) is 1.67. The molecule has 1 N–H and O–H groups in total. The average molecular weight is 277 g/mol. The summed E-state index contributed by atoms with van der Waals surface area (Å²) < 4.78 is 18.9. The number of hydrogen-bond donors (Lipinski definition) is 1. The highest BCUT2D eigenvalue weighted by molar-refractivity contribution is 5.49. The van der Waals surface area contributed by atoms with E-state index in [9.17, 15) is 19.6 Å². The van der Waals surface area contributed by atoms with Gasteiger partial charge in [-0.05, 0) is 30.7 Å². The minimum absolute atomic E-state index is 0.252. The van der Waals surface area contributed by atoms with Gasteiger partial charge in [0.2, 0.25) is 5.75 Å². The Labute approximate surface area is 114 Å². The monoisotopic (exact) mass is 277 g/mol. The Morgan fingerprint density at radius 2 is 1.90 bits per heavy atom. The lowest BCUT2D eigenvalue weighted by molar-refractivity contribution is -0.385. The first kappa shape index (κ1) is 14.0. The molecular weight excluding hydrogens is 265 g/mol. The van der Waals surface area contributed by atoms with Gasteiger partial charge >= 0.3 is 5.69 Å². The SMILES string of the molecule is C[C@H](O)c1ccc(Oc2c(F)cccc2[N+](=O)[O-])cc1. The number of rotatable bonds is 4.